The first-order valence-corrected chi connectivity index (χ1v) is 6.59. The van der Waals surface area contributed by atoms with Gasteiger partial charge in [0.05, 0.1) is 11.9 Å². The summed E-state index contributed by atoms with van der Waals surface area (Å²) in [7, 11) is 0. The molecule has 1 fully saturated rings. The van der Waals surface area contributed by atoms with E-state index in [1.807, 2.05) is 12.1 Å². The van der Waals surface area contributed by atoms with Gasteiger partial charge >= 0.3 is 0 Å². The van der Waals surface area contributed by atoms with Crippen molar-refractivity contribution in [2.75, 3.05) is 23.3 Å². The van der Waals surface area contributed by atoms with E-state index in [0.717, 1.165) is 18.9 Å². The molecule has 1 aliphatic rings. The van der Waals surface area contributed by atoms with Gasteiger partial charge in [0.15, 0.2) is 0 Å². The number of rotatable bonds is 3. The van der Waals surface area contributed by atoms with E-state index in [1.165, 1.54) is 19.3 Å². The number of piperidine rings is 1. The molecule has 0 atom stereocenters. The number of amides is 1. The van der Waals surface area contributed by atoms with E-state index < -0.39 is 5.91 Å². The van der Waals surface area contributed by atoms with Gasteiger partial charge in [0, 0.05) is 13.1 Å². The zero-order valence-electron chi connectivity index (χ0n) is 10.9. The molecule has 1 saturated heterocycles. The minimum absolute atomic E-state index is 0.00473. The Morgan fingerprint density at radius 2 is 2.10 bits per heavy atom. The molecule has 8 nitrogen and oxygen atoms in total. The lowest BCUT2D eigenvalue weighted by atomic mass is 10.1. The van der Waals surface area contributed by atoms with Crippen LogP contribution >= 0.6 is 0 Å². The number of aromatic amines is 1. The quantitative estimate of drug-likeness (QED) is 0.859. The molecule has 20 heavy (non-hydrogen) atoms. The topological polar surface area (TPSA) is 99.7 Å². The van der Waals surface area contributed by atoms with Crippen LogP contribution in [0.5, 0.6) is 0 Å². The molecule has 0 saturated carbocycles. The molecule has 0 bridgehead atoms. The summed E-state index contributed by atoms with van der Waals surface area (Å²) in [4.78, 5) is 18.4. The minimum atomic E-state index is -0.411. The summed E-state index contributed by atoms with van der Waals surface area (Å²) in [6.45, 7) is 2.09. The zero-order chi connectivity index (χ0) is 13.8. The number of tetrazole rings is 1. The van der Waals surface area contributed by atoms with Crippen molar-refractivity contribution in [3.8, 4) is 0 Å². The van der Waals surface area contributed by atoms with Gasteiger partial charge in [-0.05, 0) is 36.6 Å². The van der Waals surface area contributed by atoms with Crippen LogP contribution in [-0.2, 0) is 0 Å². The Bertz CT molecular complexity index is 560. The number of nitrogens with one attached hydrogen (secondary N) is 2. The van der Waals surface area contributed by atoms with Gasteiger partial charge < -0.3 is 10.2 Å². The molecule has 1 aliphatic heterocycles. The standard InChI is InChI=1S/C12H15N7O/c20-12(11-15-17-18-16-11)14-9-4-5-10(13-8-9)19-6-2-1-3-7-19/h4-5,8H,1-3,6-7H2,(H,14,20)(H,15,16,17,18). The van der Waals surface area contributed by atoms with Gasteiger partial charge in [0.2, 0.25) is 0 Å². The van der Waals surface area contributed by atoms with Gasteiger partial charge in [-0.1, -0.05) is 0 Å². The van der Waals surface area contributed by atoms with Crippen LogP contribution < -0.4 is 10.2 Å². The second kappa shape index (κ2) is 5.64. The van der Waals surface area contributed by atoms with E-state index in [0.29, 0.717) is 5.69 Å². The lowest BCUT2D eigenvalue weighted by Crippen LogP contribution is -2.30. The van der Waals surface area contributed by atoms with Crippen molar-refractivity contribution >= 4 is 17.4 Å². The number of carbonyl (C=O) groups excluding carboxylic acids is 1. The molecule has 2 N–H and O–H groups in total. The van der Waals surface area contributed by atoms with Gasteiger partial charge in [0.1, 0.15) is 5.82 Å². The van der Waals surface area contributed by atoms with Crippen molar-refractivity contribution in [2.24, 2.45) is 0 Å². The van der Waals surface area contributed by atoms with E-state index in [9.17, 15) is 4.79 Å². The second-order valence-electron chi connectivity index (χ2n) is 4.64. The summed E-state index contributed by atoms with van der Waals surface area (Å²) >= 11 is 0. The highest BCUT2D eigenvalue weighted by Gasteiger charge is 2.13. The molecular formula is C12H15N7O. The Morgan fingerprint density at radius 3 is 2.75 bits per heavy atom. The summed E-state index contributed by atoms with van der Waals surface area (Å²) in [5.74, 6) is 0.540. The molecule has 0 spiro atoms. The lowest BCUT2D eigenvalue weighted by Gasteiger charge is -2.27. The van der Waals surface area contributed by atoms with E-state index in [2.05, 4.69) is 35.8 Å². The molecule has 104 valence electrons. The maximum absolute atomic E-state index is 11.7. The molecule has 2 aromatic heterocycles. The molecule has 0 aromatic carbocycles. The molecule has 0 radical (unpaired) electrons. The number of aromatic nitrogens is 5. The van der Waals surface area contributed by atoms with Crippen LogP contribution in [0.25, 0.3) is 0 Å². The first kappa shape index (κ1) is 12.5. The van der Waals surface area contributed by atoms with E-state index in [-0.39, 0.29) is 5.82 Å². The van der Waals surface area contributed by atoms with Gasteiger partial charge in [-0.25, -0.2) is 4.98 Å². The Hall–Kier alpha value is -2.51. The summed E-state index contributed by atoms with van der Waals surface area (Å²) in [5.41, 5.74) is 0.612. The van der Waals surface area contributed by atoms with Crippen LogP contribution in [-0.4, -0.2) is 44.6 Å². The number of nitrogens with zero attached hydrogens (tertiary/aromatic N) is 5. The van der Waals surface area contributed by atoms with E-state index in [4.69, 9.17) is 0 Å². The molecule has 2 aromatic rings. The first-order valence-electron chi connectivity index (χ1n) is 6.59. The smallest absolute Gasteiger partial charge is 0.297 e. The molecule has 8 heteroatoms. The summed E-state index contributed by atoms with van der Waals surface area (Å²) in [5, 5.41) is 15.5. The number of hydrogen-bond acceptors (Lipinski definition) is 6. The van der Waals surface area contributed by atoms with Crippen molar-refractivity contribution in [3.05, 3.63) is 24.2 Å². The third-order valence-electron chi connectivity index (χ3n) is 3.23. The van der Waals surface area contributed by atoms with Crippen LogP contribution in [0.1, 0.15) is 29.9 Å². The molecule has 1 amide bonds. The number of anilines is 2. The fourth-order valence-electron chi connectivity index (χ4n) is 2.22. The molecule has 0 unspecified atom stereocenters. The highest BCUT2D eigenvalue weighted by Crippen LogP contribution is 2.18. The Labute approximate surface area is 115 Å². The highest BCUT2D eigenvalue weighted by molar-refractivity contribution is 6.01. The lowest BCUT2D eigenvalue weighted by molar-refractivity contribution is 0.101. The van der Waals surface area contributed by atoms with Crippen molar-refractivity contribution in [3.63, 3.8) is 0 Å². The maximum atomic E-state index is 11.7. The summed E-state index contributed by atoms with van der Waals surface area (Å²) in [6, 6.07) is 3.74. The van der Waals surface area contributed by atoms with Crippen molar-refractivity contribution in [2.45, 2.75) is 19.3 Å². The predicted molar refractivity (Wildman–Crippen MR) is 72.4 cm³/mol. The van der Waals surface area contributed by atoms with Crippen molar-refractivity contribution < 1.29 is 4.79 Å². The van der Waals surface area contributed by atoms with E-state index in [1.54, 1.807) is 6.20 Å². The highest BCUT2D eigenvalue weighted by atomic mass is 16.2. The third-order valence-corrected chi connectivity index (χ3v) is 3.23. The molecule has 0 aliphatic carbocycles. The van der Waals surface area contributed by atoms with Crippen LogP contribution in [0.3, 0.4) is 0 Å². The van der Waals surface area contributed by atoms with Crippen LogP contribution in [0.2, 0.25) is 0 Å². The Kier molecular flexibility index (Phi) is 3.53. The number of H-pyrrole nitrogens is 1. The van der Waals surface area contributed by atoms with Gasteiger partial charge in [-0.2, -0.15) is 5.21 Å². The van der Waals surface area contributed by atoms with Gasteiger partial charge in [-0.3, -0.25) is 4.79 Å². The maximum Gasteiger partial charge on any atom is 0.297 e. The monoisotopic (exact) mass is 273 g/mol. The fraction of sp³-hybridized carbons (Fsp3) is 0.417. The first-order chi connectivity index (χ1) is 9.83. The Balaban J connectivity index is 1.65. The normalized spacial score (nSPS) is 15.1. The SMILES string of the molecule is O=C(Nc1ccc(N2CCCCC2)nc1)c1nn[nH]n1. The minimum Gasteiger partial charge on any atom is -0.357 e. The molecule has 3 heterocycles. The average molecular weight is 273 g/mol. The van der Waals surface area contributed by atoms with Crippen LogP contribution in [0, 0.1) is 0 Å². The van der Waals surface area contributed by atoms with Crippen LogP contribution in [0.15, 0.2) is 18.3 Å². The third kappa shape index (κ3) is 2.73. The van der Waals surface area contributed by atoms with Gasteiger partial charge in [-0.15, -0.1) is 10.2 Å². The van der Waals surface area contributed by atoms with Crippen LogP contribution in [0.4, 0.5) is 11.5 Å². The van der Waals surface area contributed by atoms with Gasteiger partial charge in [0.25, 0.3) is 11.7 Å². The Morgan fingerprint density at radius 1 is 1.25 bits per heavy atom. The molecular weight excluding hydrogens is 258 g/mol. The number of carbonyl (C=O) groups is 1. The number of pyridine rings is 1. The van der Waals surface area contributed by atoms with Crippen molar-refractivity contribution in [1.82, 2.24) is 25.6 Å². The summed E-state index contributed by atoms with van der Waals surface area (Å²) in [6.07, 6.45) is 5.34. The average Bonchev–Trinajstić information content (AvgIpc) is 3.03. The zero-order valence-corrected chi connectivity index (χ0v) is 10.9. The summed E-state index contributed by atoms with van der Waals surface area (Å²) < 4.78 is 0. The van der Waals surface area contributed by atoms with Crippen molar-refractivity contribution in [1.29, 1.82) is 0 Å². The molecule has 3 rings (SSSR count). The van der Waals surface area contributed by atoms with E-state index >= 15 is 0 Å². The fourth-order valence-corrected chi connectivity index (χ4v) is 2.22. The second-order valence-corrected chi connectivity index (χ2v) is 4.64. The predicted octanol–water partition coefficient (Wildman–Crippen LogP) is 0.837. The number of hydrogen-bond donors (Lipinski definition) is 2. The largest absolute Gasteiger partial charge is 0.357 e.